The quantitative estimate of drug-likeness (QED) is 0.778. The summed E-state index contributed by atoms with van der Waals surface area (Å²) < 4.78 is 19.2. The Labute approximate surface area is 163 Å². The lowest BCUT2D eigenvalue weighted by Gasteiger charge is -2.33. The zero-order chi connectivity index (χ0) is 20.1. The predicted molar refractivity (Wildman–Crippen MR) is 103 cm³/mol. The van der Waals surface area contributed by atoms with Crippen molar-refractivity contribution in [3.63, 3.8) is 0 Å². The fraction of sp³-hybridized carbons (Fsp3) is 0.474. The van der Waals surface area contributed by atoms with Crippen molar-refractivity contribution in [3.05, 3.63) is 36.5 Å². The van der Waals surface area contributed by atoms with Gasteiger partial charge in [-0.05, 0) is 51.8 Å². The van der Waals surface area contributed by atoms with Crippen LogP contribution in [0.1, 0.15) is 33.6 Å². The summed E-state index contributed by atoms with van der Waals surface area (Å²) in [6, 6.07) is 4.97. The average molecular weight is 388 g/mol. The van der Waals surface area contributed by atoms with Crippen molar-refractivity contribution < 1.29 is 13.9 Å². The molecule has 9 heteroatoms. The SMILES string of the molecule is CC(C)(C)OC(=O)NN1CCC[C@H](Nc2nccc(-c3cccnc3F)n2)C1. The van der Waals surface area contributed by atoms with Gasteiger partial charge in [0.25, 0.3) is 0 Å². The number of nitrogens with zero attached hydrogens (tertiary/aromatic N) is 4. The lowest BCUT2D eigenvalue weighted by atomic mass is 10.1. The van der Waals surface area contributed by atoms with Crippen molar-refractivity contribution in [1.29, 1.82) is 0 Å². The number of rotatable bonds is 4. The highest BCUT2D eigenvalue weighted by molar-refractivity contribution is 5.67. The second-order valence-electron chi connectivity index (χ2n) is 7.65. The maximum atomic E-state index is 13.9. The van der Waals surface area contributed by atoms with Gasteiger partial charge in [0.2, 0.25) is 11.9 Å². The molecule has 1 aliphatic heterocycles. The molecule has 1 fully saturated rings. The summed E-state index contributed by atoms with van der Waals surface area (Å²) in [4.78, 5) is 24.2. The van der Waals surface area contributed by atoms with Crippen LogP contribution in [-0.2, 0) is 4.74 Å². The summed E-state index contributed by atoms with van der Waals surface area (Å²) in [6.45, 7) is 6.78. The summed E-state index contributed by atoms with van der Waals surface area (Å²) in [5, 5.41) is 5.08. The molecule has 1 saturated heterocycles. The van der Waals surface area contributed by atoms with Gasteiger partial charge in [-0.3, -0.25) is 5.43 Å². The fourth-order valence-electron chi connectivity index (χ4n) is 2.96. The Morgan fingerprint density at radius 1 is 1.29 bits per heavy atom. The molecule has 0 saturated carbocycles. The van der Waals surface area contributed by atoms with Gasteiger partial charge in [-0.1, -0.05) is 0 Å². The van der Waals surface area contributed by atoms with E-state index in [0.717, 1.165) is 19.4 Å². The minimum absolute atomic E-state index is 0.0395. The van der Waals surface area contributed by atoms with E-state index in [9.17, 15) is 9.18 Å². The molecule has 2 aromatic heterocycles. The Morgan fingerprint density at radius 2 is 2.11 bits per heavy atom. The summed E-state index contributed by atoms with van der Waals surface area (Å²) in [7, 11) is 0. The van der Waals surface area contributed by atoms with E-state index in [-0.39, 0.29) is 6.04 Å². The average Bonchev–Trinajstić information content (AvgIpc) is 2.61. The van der Waals surface area contributed by atoms with E-state index in [0.29, 0.717) is 23.8 Å². The molecule has 1 amide bonds. The van der Waals surface area contributed by atoms with E-state index in [4.69, 9.17) is 4.74 Å². The van der Waals surface area contributed by atoms with Crippen LogP contribution in [0.25, 0.3) is 11.3 Å². The van der Waals surface area contributed by atoms with Crippen LogP contribution in [0.4, 0.5) is 15.1 Å². The first-order valence-electron chi connectivity index (χ1n) is 9.25. The number of ether oxygens (including phenoxy) is 1. The van der Waals surface area contributed by atoms with Crippen molar-refractivity contribution in [2.24, 2.45) is 0 Å². The molecule has 0 radical (unpaired) electrons. The Morgan fingerprint density at radius 3 is 2.86 bits per heavy atom. The highest BCUT2D eigenvalue weighted by atomic mass is 19.1. The number of hydrogen-bond acceptors (Lipinski definition) is 7. The molecule has 1 atom stereocenters. The molecule has 2 aromatic rings. The van der Waals surface area contributed by atoms with E-state index < -0.39 is 17.6 Å². The molecule has 0 unspecified atom stereocenters. The molecule has 0 aliphatic carbocycles. The van der Waals surface area contributed by atoms with Gasteiger partial charge in [-0.25, -0.2) is 24.8 Å². The van der Waals surface area contributed by atoms with Crippen LogP contribution in [0.2, 0.25) is 0 Å². The number of hydrogen-bond donors (Lipinski definition) is 2. The fourth-order valence-corrected chi connectivity index (χ4v) is 2.96. The number of hydrazine groups is 1. The van der Waals surface area contributed by atoms with Gasteiger partial charge >= 0.3 is 6.09 Å². The van der Waals surface area contributed by atoms with Gasteiger partial charge < -0.3 is 10.1 Å². The third kappa shape index (κ3) is 5.59. The Hall–Kier alpha value is -2.81. The summed E-state index contributed by atoms with van der Waals surface area (Å²) in [5.41, 5.74) is 3.01. The van der Waals surface area contributed by atoms with E-state index in [1.165, 1.54) is 6.20 Å². The molecule has 3 rings (SSSR count). The van der Waals surface area contributed by atoms with E-state index in [2.05, 4.69) is 25.7 Å². The van der Waals surface area contributed by atoms with Crippen LogP contribution in [0.5, 0.6) is 0 Å². The Balaban J connectivity index is 1.62. The van der Waals surface area contributed by atoms with Crippen molar-refractivity contribution >= 4 is 12.0 Å². The number of nitrogens with one attached hydrogen (secondary N) is 2. The van der Waals surface area contributed by atoms with Gasteiger partial charge in [0, 0.05) is 31.5 Å². The normalized spacial score (nSPS) is 17.8. The van der Waals surface area contributed by atoms with Gasteiger partial charge in [0.1, 0.15) is 5.60 Å². The number of amides is 1. The minimum Gasteiger partial charge on any atom is -0.443 e. The molecule has 2 N–H and O–H groups in total. The third-order valence-corrected chi connectivity index (χ3v) is 4.09. The minimum atomic E-state index is -0.572. The first-order valence-corrected chi connectivity index (χ1v) is 9.25. The van der Waals surface area contributed by atoms with Crippen LogP contribution in [-0.4, -0.2) is 50.8 Å². The first kappa shape index (κ1) is 19.9. The molecule has 8 nitrogen and oxygen atoms in total. The number of pyridine rings is 1. The second kappa shape index (κ2) is 8.47. The smallest absolute Gasteiger partial charge is 0.422 e. The second-order valence-corrected chi connectivity index (χ2v) is 7.65. The third-order valence-electron chi connectivity index (χ3n) is 4.09. The number of piperidine rings is 1. The largest absolute Gasteiger partial charge is 0.443 e. The van der Waals surface area contributed by atoms with Crippen molar-refractivity contribution in [3.8, 4) is 11.3 Å². The maximum absolute atomic E-state index is 13.9. The molecule has 0 bridgehead atoms. The topological polar surface area (TPSA) is 92.3 Å². The number of aromatic nitrogens is 3. The molecule has 150 valence electrons. The number of carbonyl (C=O) groups is 1. The number of anilines is 1. The van der Waals surface area contributed by atoms with Crippen molar-refractivity contribution in [1.82, 2.24) is 25.4 Å². The van der Waals surface area contributed by atoms with Crippen molar-refractivity contribution in [2.45, 2.75) is 45.3 Å². The first-order chi connectivity index (χ1) is 13.3. The van der Waals surface area contributed by atoms with Crippen LogP contribution < -0.4 is 10.7 Å². The molecule has 0 spiro atoms. The highest BCUT2D eigenvalue weighted by Crippen LogP contribution is 2.20. The summed E-state index contributed by atoms with van der Waals surface area (Å²) in [6.07, 6.45) is 4.30. The molecule has 1 aliphatic rings. The Bertz CT molecular complexity index is 826. The molecule has 28 heavy (non-hydrogen) atoms. The van der Waals surface area contributed by atoms with Gasteiger partial charge in [-0.2, -0.15) is 4.39 Å². The molecular weight excluding hydrogens is 363 g/mol. The Kier molecular flexibility index (Phi) is 6.03. The lowest BCUT2D eigenvalue weighted by Crippen LogP contribution is -2.52. The zero-order valence-corrected chi connectivity index (χ0v) is 16.3. The summed E-state index contributed by atoms with van der Waals surface area (Å²) >= 11 is 0. The highest BCUT2D eigenvalue weighted by Gasteiger charge is 2.24. The van der Waals surface area contributed by atoms with Crippen LogP contribution in [0.3, 0.4) is 0 Å². The van der Waals surface area contributed by atoms with E-state index in [1.54, 1.807) is 24.4 Å². The van der Waals surface area contributed by atoms with E-state index >= 15 is 0 Å². The van der Waals surface area contributed by atoms with Crippen LogP contribution in [0.15, 0.2) is 30.6 Å². The van der Waals surface area contributed by atoms with Crippen molar-refractivity contribution in [2.75, 3.05) is 18.4 Å². The van der Waals surface area contributed by atoms with Crippen LogP contribution >= 0.6 is 0 Å². The lowest BCUT2D eigenvalue weighted by molar-refractivity contribution is 0.0289. The molecule has 3 heterocycles. The number of halogens is 1. The van der Waals surface area contributed by atoms with Gasteiger partial charge in [-0.15, -0.1) is 0 Å². The predicted octanol–water partition coefficient (Wildman–Crippen LogP) is 2.99. The monoisotopic (exact) mass is 388 g/mol. The molecule has 0 aromatic carbocycles. The molecular formula is C19H25FN6O2. The van der Waals surface area contributed by atoms with Gasteiger partial charge in [0.05, 0.1) is 11.3 Å². The number of carbonyl (C=O) groups excluding carboxylic acids is 1. The summed E-state index contributed by atoms with van der Waals surface area (Å²) in [5.74, 6) is -0.164. The van der Waals surface area contributed by atoms with Crippen LogP contribution in [0, 0.1) is 5.95 Å². The maximum Gasteiger partial charge on any atom is 0.422 e. The standard InChI is InChI=1S/C19H25FN6O2/c1-19(2,3)28-18(27)25-26-11-5-6-13(12-26)23-17-22-10-8-15(24-17)14-7-4-9-21-16(14)20/h4,7-10,13H,5-6,11-12H2,1-3H3,(H,25,27)(H,22,23,24)/t13-/m0/s1. The van der Waals surface area contributed by atoms with E-state index in [1.807, 2.05) is 25.8 Å². The van der Waals surface area contributed by atoms with Gasteiger partial charge in [0.15, 0.2) is 0 Å². The zero-order valence-electron chi connectivity index (χ0n) is 16.3.